The first-order valence-corrected chi connectivity index (χ1v) is 11.2. The summed E-state index contributed by atoms with van der Waals surface area (Å²) in [5.41, 5.74) is 4.12. The first kappa shape index (κ1) is 21.1. The molecule has 3 rings (SSSR count). The molecule has 0 bridgehead atoms. The molecule has 0 aliphatic rings. The summed E-state index contributed by atoms with van der Waals surface area (Å²) in [5.74, 6) is -0.384. The molecular formula is C20H22N4O3S2. The van der Waals surface area contributed by atoms with Crippen molar-refractivity contribution in [1.82, 2.24) is 14.9 Å². The number of benzene rings is 2. The molecule has 152 valence electrons. The second-order valence-corrected chi connectivity index (χ2v) is 9.64. The van der Waals surface area contributed by atoms with Gasteiger partial charge in [-0.25, -0.2) is 13.1 Å². The van der Waals surface area contributed by atoms with Gasteiger partial charge in [0.1, 0.15) is 5.01 Å². The summed E-state index contributed by atoms with van der Waals surface area (Å²) in [4.78, 5) is 12.6. The fraction of sp³-hybridized carbons (Fsp3) is 0.250. The third-order valence-corrected chi connectivity index (χ3v) is 6.89. The van der Waals surface area contributed by atoms with Crippen LogP contribution in [0.1, 0.15) is 37.1 Å². The average molecular weight is 431 g/mol. The first-order chi connectivity index (χ1) is 13.7. The number of rotatable bonds is 6. The van der Waals surface area contributed by atoms with Gasteiger partial charge in [0.2, 0.25) is 15.0 Å². The van der Waals surface area contributed by atoms with Gasteiger partial charge in [-0.2, -0.15) is 0 Å². The molecule has 29 heavy (non-hydrogen) atoms. The Morgan fingerprint density at radius 3 is 2.21 bits per heavy atom. The Morgan fingerprint density at radius 2 is 1.59 bits per heavy atom. The summed E-state index contributed by atoms with van der Waals surface area (Å²) in [6.45, 7) is 7.39. The van der Waals surface area contributed by atoms with Gasteiger partial charge in [-0.15, -0.1) is 10.2 Å². The molecule has 0 unspecified atom stereocenters. The lowest BCUT2D eigenvalue weighted by Gasteiger charge is -2.12. The molecule has 0 spiro atoms. The predicted molar refractivity (Wildman–Crippen MR) is 114 cm³/mol. The molecule has 0 aliphatic carbocycles. The molecule has 1 amide bonds. The summed E-state index contributed by atoms with van der Waals surface area (Å²) in [5, 5.41) is 11.1. The van der Waals surface area contributed by atoms with Gasteiger partial charge in [0, 0.05) is 5.69 Å². The third kappa shape index (κ3) is 5.06. The van der Waals surface area contributed by atoms with Gasteiger partial charge in [0.05, 0.1) is 11.4 Å². The van der Waals surface area contributed by atoms with Crippen LogP contribution in [0, 0.1) is 27.7 Å². The molecule has 1 heterocycles. The van der Waals surface area contributed by atoms with Crippen LogP contribution in [0.4, 0.5) is 5.69 Å². The van der Waals surface area contributed by atoms with Gasteiger partial charge in [0.15, 0.2) is 0 Å². The highest BCUT2D eigenvalue weighted by Crippen LogP contribution is 2.22. The fourth-order valence-electron chi connectivity index (χ4n) is 3.06. The van der Waals surface area contributed by atoms with Gasteiger partial charge in [0.25, 0.3) is 5.91 Å². The van der Waals surface area contributed by atoms with Crippen LogP contribution in [0.5, 0.6) is 0 Å². The van der Waals surface area contributed by atoms with Crippen molar-refractivity contribution < 1.29 is 13.2 Å². The number of carbonyl (C=O) groups excluding carboxylic acids is 1. The van der Waals surface area contributed by atoms with E-state index in [2.05, 4.69) is 20.2 Å². The number of anilines is 1. The van der Waals surface area contributed by atoms with Gasteiger partial charge in [-0.05, 0) is 51.0 Å². The molecule has 2 N–H and O–H groups in total. The van der Waals surface area contributed by atoms with Crippen molar-refractivity contribution in [2.24, 2.45) is 0 Å². The minimum absolute atomic E-state index is 0.0371. The Bertz CT molecular complexity index is 1130. The molecule has 0 atom stereocenters. The number of hydrogen-bond donors (Lipinski definition) is 2. The summed E-state index contributed by atoms with van der Waals surface area (Å²) >= 11 is 1.05. The Labute approximate surface area is 174 Å². The second kappa shape index (κ2) is 8.40. The summed E-state index contributed by atoms with van der Waals surface area (Å²) in [6.07, 6.45) is 0. The smallest absolute Gasteiger partial charge is 0.286 e. The van der Waals surface area contributed by atoms with Crippen molar-refractivity contribution >= 4 is 33.0 Å². The van der Waals surface area contributed by atoms with E-state index in [1.54, 1.807) is 26.0 Å². The van der Waals surface area contributed by atoms with Gasteiger partial charge in [-0.1, -0.05) is 46.7 Å². The Hall–Kier alpha value is -2.62. The maximum Gasteiger partial charge on any atom is 0.286 e. The van der Waals surface area contributed by atoms with Crippen molar-refractivity contribution in [3.63, 3.8) is 0 Å². The number of carbonyl (C=O) groups is 1. The SMILES string of the molecule is Cc1ccc(NC(=O)c2nnc(CNS(=O)(=O)c3c(C)cc(C)cc3C)s2)cc1. The average Bonchev–Trinajstić information content (AvgIpc) is 3.10. The molecular weight excluding hydrogens is 408 g/mol. The molecule has 9 heteroatoms. The van der Waals surface area contributed by atoms with Crippen LogP contribution in [0.2, 0.25) is 0 Å². The zero-order valence-corrected chi connectivity index (χ0v) is 18.2. The van der Waals surface area contributed by atoms with Crippen molar-refractivity contribution in [3.8, 4) is 0 Å². The lowest BCUT2D eigenvalue weighted by Crippen LogP contribution is -2.25. The van der Waals surface area contributed by atoms with E-state index in [1.807, 2.05) is 38.1 Å². The van der Waals surface area contributed by atoms with Crippen molar-refractivity contribution in [3.05, 3.63) is 68.7 Å². The van der Waals surface area contributed by atoms with Crippen LogP contribution in [-0.2, 0) is 16.6 Å². The lowest BCUT2D eigenvalue weighted by molar-refractivity contribution is 0.102. The normalized spacial score (nSPS) is 11.4. The van der Waals surface area contributed by atoms with Gasteiger partial charge < -0.3 is 5.32 Å². The lowest BCUT2D eigenvalue weighted by atomic mass is 10.1. The molecule has 7 nitrogen and oxygen atoms in total. The Morgan fingerprint density at radius 1 is 0.966 bits per heavy atom. The highest BCUT2D eigenvalue weighted by atomic mass is 32.2. The monoisotopic (exact) mass is 430 g/mol. The van der Waals surface area contributed by atoms with Crippen LogP contribution in [-0.4, -0.2) is 24.5 Å². The zero-order valence-electron chi connectivity index (χ0n) is 16.6. The van der Waals surface area contributed by atoms with Crippen LogP contribution in [0.15, 0.2) is 41.3 Å². The summed E-state index contributed by atoms with van der Waals surface area (Å²) in [7, 11) is -3.71. The zero-order chi connectivity index (χ0) is 21.2. The fourth-order valence-corrected chi connectivity index (χ4v) is 5.26. The number of aromatic nitrogens is 2. The predicted octanol–water partition coefficient (Wildman–Crippen LogP) is 3.50. The highest BCUT2D eigenvalue weighted by Gasteiger charge is 2.21. The molecule has 0 saturated heterocycles. The van der Waals surface area contributed by atoms with E-state index in [-0.39, 0.29) is 22.4 Å². The van der Waals surface area contributed by atoms with Crippen LogP contribution >= 0.6 is 11.3 Å². The second-order valence-electron chi connectivity index (χ2n) is 6.87. The Balaban J connectivity index is 1.69. The van der Waals surface area contributed by atoms with E-state index >= 15 is 0 Å². The summed E-state index contributed by atoms with van der Waals surface area (Å²) < 4.78 is 28.0. The van der Waals surface area contributed by atoms with Crippen LogP contribution in [0.3, 0.4) is 0 Å². The van der Waals surface area contributed by atoms with E-state index in [4.69, 9.17) is 0 Å². The van der Waals surface area contributed by atoms with E-state index in [9.17, 15) is 13.2 Å². The molecule has 0 aliphatic heterocycles. The largest absolute Gasteiger partial charge is 0.320 e. The van der Waals surface area contributed by atoms with Crippen molar-refractivity contribution in [1.29, 1.82) is 0 Å². The molecule has 0 saturated carbocycles. The quantitative estimate of drug-likeness (QED) is 0.623. The topological polar surface area (TPSA) is 101 Å². The Kier molecular flexibility index (Phi) is 6.11. The van der Waals surface area contributed by atoms with E-state index in [0.29, 0.717) is 21.8 Å². The highest BCUT2D eigenvalue weighted by molar-refractivity contribution is 7.89. The van der Waals surface area contributed by atoms with Crippen LogP contribution < -0.4 is 10.0 Å². The van der Waals surface area contributed by atoms with Gasteiger partial charge in [-0.3, -0.25) is 4.79 Å². The summed E-state index contributed by atoms with van der Waals surface area (Å²) in [6, 6.07) is 11.1. The standard InChI is InChI=1S/C20H22N4O3S2/c1-12-5-7-16(8-6-12)22-19(25)20-24-23-17(28-20)11-21-29(26,27)18-14(3)9-13(2)10-15(18)4/h5-10,21H,11H2,1-4H3,(H,22,25). The number of aryl methyl sites for hydroxylation is 4. The first-order valence-electron chi connectivity index (χ1n) is 8.93. The number of nitrogens with one attached hydrogen (secondary N) is 2. The van der Waals surface area contributed by atoms with Crippen molar-refractivity contribution in [2.45, 2.75) is 39.1 Å². The van der Waals surface area contributed by atoms with Crippen molar-refractivity contribution in [2.75, 3.05) is 5.32 Å². The van der Waals surface area contributed by atoms with E-state index < -0.39 is 10.0 Å². The minimum Gasteiger partial charge on any atom is -0.320 e. The third-order valence-electron chi connectivity index (χ3n) is 4.26. The number of sulfonamides is 1. The molecule has 0 fully saturated rings. The molecule has 3 aromatic rings. The maximum atomic E-state index is 12.7. The van der Waals surface area contributed by atoms with Gasteiger partial charge >= 0.3 is 0 Å². The number of amides is 1. The van der Waals surface area contributed by atoms with E-state index in [1.165, 1.54) is 0 Å². The maximum absolute atomic E-state index is 12.7. The number of nitrogens with zero attached hydrogens (tertiary/aromatic N) is 2. The van der Waals surface area contributed by atoms with E-state index in [0.717, 1.165) is 22.5 Å². The minimum atomic E-state index is -3.71. The molecule has 1 aromatic heterocycles. The molecule has 2 aromatic carbocycles. The van der Waals surface area contributed by atoms with Crippen LogP contribution in [0.25, 0.3) is 0 Å². The number of hydrogen-bond acceptors (Lipinski definition) is 6. The molecule has 0 radical (unpaired) electrons.